The third-order valence-corrected chi connectivity index (χ3v) is 4.80. The fourth-order valence-corrected chi connectivity index (χ4v) is 3.84. The SMILES string of the molecule is Cc1ccc(C(Cl)Cc2ccc3ccccc3c2)c(Br)c1. The van der Waals surface area contributed by atoms with Crippen LogP contribution in [0.4, 0.5) is 0 Å². The van der Waals surface area contributed by atoms with Gasteiger partial charge in [0, 0.05) is 4.47 Å². The van der Waals surface area contributed by atoms with E-state index < -0.39 is 0 Å². The number of rotatable bonds is 3. The maximum atomic E-state index is 6.62. The van der Waals surface area contributed by atoms with E-state index in [-0.39, 0.29) is 5.38 Å². The van der Waals surface area contributed by atoms with Gasteiger partial charge >= 0.3 is 0 Å². The molecule has 0 bridgehead atoms. The summed E-state index contributed by atoms with van der Waals surface area (Å²) in [6, 6.07) is 21.3. The molecular weight excluding hydrogens is 344 g/mol. The van der Waals surface area contributed by atoms with Gasteiger partial charge in [0.25, 0.3) is 0 Å². The lowest BCUT2D eigenvalue weighted by Gasteiger charge is -2.13. The molecular formula is C19H16BrCl. The normalized spacial score (nSPS) is 12.5. The Balaban J connectivity index is 1.87. The minimum atomic E-state index is -0.0267. The Kier molecular flexibility index (Phi) is 4.32. The van der Waals surface area contributed by atoms with Crippen molar-refractivity contribution in [1.82, 2.24) is 0 Å². The lowest BCUT2D eigenvalue weighted by Crippen LogP contribution is -1.97. The third-order valence-electron chi connectivity index (χ3n) is 3.72. The maximum Gasteiger partial charge on any atom is 0.0636 e. The number of aryl methyl sites for hydroxylation is 1. The number of hydrogen-bond donors (Lipinski definition) is 0. The lowest BCUT2D eigenvalue weighted by molar-refractivity contribution is 0.915. The van der Waals surface area contributed by atoms with Crippen LogP contribution in [-0.2, 0) is 6.42 Å². The summed E-state index contributed by atoms with van der Waals surface area (Å²) in [4.78, 5) is 0. The van der Waals surface area contributed by atoms with E-state index in [1.807, 2.05) is 0 Å². The van der Waals surface area contributed by atoms with Gasteiger partial charge in [-0.3, -0.25) is 0 Å². The molecule has 106 valence electrons. The van der Waals surface area contributed by atoms with Gasteiger partial charge in [-0.15, -0.1) is 11.6 Å². The van der Waals surface area contributed by atoms with Crippen LogP contribution in [0.1, 0.15) is 22.1 Å². The van der Waals surface area contributed by atoms with Crippen LogP contribution in [-0.4, -0.2) is 0 Å². The standard InChI is InChI=1S/C19H16BrCl/c1-13-6-9-17(18(20)10-13)19(21)12-14-7-8-15-4-2-3-5-16(15)11-14/h2-11,19H,12H2,1H3. The first-order valence-electron chi connectivity index (χ1n) is 7.01. The quantitative estimate of drug-likeness (QED) is 0.472. The van der Waals surface area contributed by atoms with Crippen molar-refractivity contribution in [2.24, 2.45) is 0 Å². The molecule has 21 heavy (non-hydrogen) atoms. The van der Waals surface area contributed by atoms with Gasteiger partial charge in [-0.25, -0.2) is 0 Å². The molecule has 0 nitrogen and oxygen atoms in total. The van der Waals surface area contributed by atoms with Crippen molar-refractivity contribution in [2.75, 3.05) is 0 Å². The molecule has 3 aromatic carbocycles. The Hall–Kier alpha value is -1.31. The average molecular weight is 360 g/mol. The Labute approximate surface area is 138 Å². The highest BCUT2D eigenvalue weighted by Gasteiger charge is 2.12. The minimum absolute atomic E-state index is 0.0267. The zero-order valence-corrected chi connectivity index (χ0v) is 14.2. The second kappa shape index (κ2) is 6.21. The first-order valence-corrected chi connectivity index (χ1v) is 8.24. The Morgan fingerprint density at radius 1 is 0.952 bits per heavy atom. The van der Waals surface area contributed by atoms with E-state index in [4.69, 9.17) is 11.6 Å². The van der Waals surface area contributed by atoms with E-state index in [9.17, 15) is 0 Å². The summed E-state index contributed by atoms with van der Waals surface area (Å²) >= 11 is 10.2. The van der Waals surface area contributed by atoms with Crippen molar-refractivity contribution >= 4 is 38.3 Å². The van der Waals surface area contributed by atoms with Gasteiger partial charge in [-0.2, -0.15) is 0 Å². The first-order chi connectivity index (χ1) is 10.1. The van der Waals surface area contributed by atoms with E-state index in [0.717, 1.165) is 16.5 Å². The van der Waals surface area contributed by atoms with Gasteiger partial charge < -0.3 is 0 Å². The number of hydrogen-bond acceptors (Lipinski definition) is 0. The van der Waals surface area contributed by atoms with Crippen LogP contribution in [0.25, 0.3) is 10.8 Å². The summed E-state index contributed by atoms with van der Waals surface area (Å²) in [6.07, 6.45) is 0.827. The van der Waals surface area contributed by atoms with Crippen LogP contribution < -0.4 is 0 Å². The molecule has 0 aliphatic carbocycles. The smallest absolute Gasteiger partial charge is 0.0636 e. The van der Waals surface area contributed by atoms with Crippen LogP contribution >= 0.6 is 27.5 Å². The van der Waals surface area contributed by atoms with Crippen molar-refractivity contribution in [3.05, 3.63) is 81.8 Å². The average Bonchev–Trinajstić information content (AvgIpc) is 2.47. The molecule has 0 saturated heterocycles. The van der Waals surface area contributed by atoms with E-state index in [1.54, 1.807) is 0 Å². The van der Waals surface area contributed by atoms with Gasteiger partial charge in [-0.1, -0.05) is 70.5 Å². The molecule has 0 fully saturated rings. The summed E-state index contributed by atoms with van der Waals surface area (Å²) in [6.45, 7) is 2.08. The van der Waals surface area contributed by atoms with Gasteiger partial charge in [0.15, 0.2) is 0 Å². The number of fused-ring (bicyclic) bond motifs is 1. The predicted octanol–water partition coefficient (Wildman–Crippen LogP) is 6.43. The molecule has 0 amide bonds. The molecule has 0 N–H and O–H groups in total. The molecule has 1 atom stereocenters. The molecule has 2 heteroatoms. The lowest BCUT2D eigenvalue weighted by atomic mass is 10.0. The van der Waals surface area contributed by atoms with Gasteiger partial charge in [0.2, 0.25) is 0 Å². The van der Waals surface area contributed by atoms with Crippen molar-refractivity contribution < 1.29 is 0 Å². The van der Waals surface area contributed by atoms with Crippen LogP contribution in [0.2, 0.25) is 0 Å². The Bertz CT molecular complexity index is 779. The minimum Gasteiger partial charge on any atom is -0.117 e. The Morgan fingerprint density at radius 3 is 2.48 bits per heavy atom. The van der Waals surface area contributed by atoms with Crippen molar-refractivity contribution in [1.29, 1.82) is 0 Å². The maximum absolute atomic E-state index is 6.62. The van der Waals surface area contributed by atoms with Crippen LogP contribution in [0.5, 0.6) is 0 Å². The van der Waals surface area contributed by atoms with Crippen molar-refractivity contribution in [2.45, 2.75) is 18.7 Å². The number of alkyl halides is 1. The summed E-state index contributed by atoms with van der Waals surface area (Å²) in [7, 11) is 0. The fraction of sp³-hybridized carbons (Fsp3) is 0.158. The van der Waals surface area contributed by atoms with E-state index in [1.165, 1.54) is 21.9 Å². The molecule has 0 aliphatic heterocycles. The number of halogens is 2. The van der Waals surface area contributed by atoms with E-state index in [0.29, 0.717) is 0 Å². The van der Waals surface area contributed by atoms with Crippen LogP contribution in [0.15, 0.2) is 65.1 Å². The van der Waals surface area contributed by atoms with Gasteiger partial charge in [-0.05, 0) is 46.9 Å². The second-order valence-corrected chi connectivity index (χ2v) is 6.76. The second-order valence-electron chi connectivity index (χ2n) is 5.38. The molecule has 0 heterocycles. The molecule has 1 unspecified atom stereocenters. The van der Waals surface area contributed by atoms with Crippen LogP contribution in [0, 0.1) is 6.92 Å². The highest BCUT2D eigenvalue weighted by atomic mass is 79.9. The van der Waals surface area contributed by atoms with Gasteiger partial charge in [0.05, 0.1) is 5.38 Å². The molecule has 0 spiro atoms. The molecule has 0 aromatic heterocycles. The molecule has 3 aromatic rings. The highest BCUT2D eigenvalue weighted by molar-refractivity contribution is 9.10. The van der Waals surface area contributed by atoms with Gasteiger partial charge in [0.1, 0.15) is 0 Å². The molecule has 0 aliphatic rings. The van der Waals surface area contributed by atoms with E-state index >= 15 is 0 Å². The monoisotopic (exact) mass is 358 g/mol. The summed E-state index contributed by atoms with van der Waals surface area (Å²) in [5.74, 6) is 0. The fourth-order valence-electron chi connectivity index (χ4n) is 2.57. The summed E-state index contributed by atoms with van der Waals surface area (Å²) < 4.78 is 1.09. The zero-order valence-electron chi connectivity index (χ0n) is 11.8. The summed E-state index contributed by atoms with van der Waals surface area (Å²) in [5, 5.41) is 2.51. The van der Waals surface area contributed by atoms with Crippen LogP contribution in [0.3, 0.4) is 0 Å². The topological polar surface area (TPSA) is 0 Å². The molecule has 0 saturated carbocycles. The molecule has 3 rings (SSSR count). The van der Waals surface area contributed by atoms with Crippen molar-refractivity contribution in [3.8, 4) is 0 Å². The zero-order chi connectivity index (χ0) is 14.8. The van der Waals surface area contributed by atoms with E-state index in [2.05, 4.69) is 83.5 Å². The van der Waals surface area contributed by atoms with Crippen molar-refractivity contribution in [3.63, 3.8) is 0 Å². The predicted molar refractivity (Wildman–Crippen MR) is 95.1 cm³/mol. The Morgan fingerprint density at radius 2 is 1.71 bits per heavy atom. The summed E-state index contributed by atoms with van der Waals surface area (Å²) in [5.41, 5.74) is 3.65. The number of benzene rings is 3. The first kappa shape index (κ1) is 14.6. The largest absolute Gasteiger partial charge is 0.117 e. The highest BCUT2D eigenvalue weighted by Crippen LogP contribution is 2.32. The molecule has 0 radical (unpaired) electrons. The third kappa shape index (κ3) is 3.30.